The number of alkyl halides is 3. The summed E-state index contributed by atoms with van der Waals surface area (Å²) in [4.78, 5) is 21.0. The summed E-state index contributed by atoms with van der Waals surface area (Å²) in [7, 11) is 0. The summed E-state index contributed by atoms with van der Waals surface area (Å²) in [6, 6.07) is 4.91. The minimum absolute atomic E-state index is 0.136. The number of amides is 1. The van der Waals surface area contributed by atoms with Crippen molar-refractivity contribution in [1.29, 1.82) is 0 Å². The fourth-order valence-corrected chi connectivity index (χ4v) is 3.27. The van der Waals surface area contributed by atoms with E-state index in [-0.39, 0.29) is 11.7 Å². The average Bonchev–Trinajstić information content (AvgIpc) is 2.99. The third kappa shape index (κ3) is 5.28. The van der Waals surface area contributed by atoms with Crippen LogP contribution >= 0.6 is 46.6 Å². The zero-order valence-corrected chi connectivity index (χ0v) is 16.3. The van der Waals surface area contributed by atoms with Crippen LogP contribution in [0, 0.1) is 6.92 Å². The van der Waals surface area contributed by atoms with Gasteiger partial charge in [0.05, 0.1) is 6.26 Å². The monoisotopic (exact) mass is 407 g/mol. The summed E-state index contributed by atoms with van der Waals surface area (Å²) in [6.07, 6.45) is 1.40. The highest BCUT2D eigenvalue weighted by Crippen LogP contribution is 2.39. The van der Waals surface area contributed by atoms with Crippen LogP contribution in [-0.4, -0.2) is 25.0 Å². The van der Waals surface area contributed by atoms with Crippen molar-refractivity contribution in [2.45, 2.75) is 40.9 Å². The molecular weight excluding hydrogens is 393 g/mol. The molecule has 24 heavy (non-hydrogen) atoms. The molecule has 2 rings (SSSR count). The Morgan fingerprint density at radius 1 is 1.33 bits per heavy atom. The van der Waals surface area contributed by atoms with Crippen molar-refractivity contribution >= 4 is 52.5 Å². The molecule has 0 unspecified atom stereocenters. The second-order valence-electron chi connectivity index (χ2n) is 5.35. The molecule has 0 spiro atoms. The number of carbonyl (C=O) groups is 1. The van der Waals surface area contributed by atoms with Crippen LogP contribution in [0.2, 0.25) is 0 Å². The van der Waals surface area contributed by atoms with Gasteiger partial charge in [0, 0.05) is 11.6 Å². The molecule has 9 heteroatoms. The first-order chi connectivity index (χ1) is 11.2. The number of carbonyl (C=O) groups excluding carboxylic acids is 1. The van der Waals surface area contributed by atoms with E-state index in [1.54, 1.807) is 12.1 Å². The smallest absolute Gasteiger partial charge is 0.287 e. The number of nitrogens with zero attached hydrogens (tertiary/aromatic N) is 2. The Labute approximate surface area is 159 Å². The average molecular weight is 409 g/mol. The van der Waals surface area contributed by atoms with Crippen molar-refractivity contribution < 1.29 is 9.21 Å². The van der Waals surface area contributed by atoms with Gasteiger partial charge in [-0.05, 0) is 25.1 Å². The van der Waals surface area contributed by atoms with Gasteiger partial charge in [0.15, 0.2) is 5.76 Å². The lowest BCUT2D eigenvalue weighted by Gasteiger charge is -2.24. The molecule has 2 aromatic heterocycles. The van der Waals surface area contributed by atoms with Gasteiger partial charge in [0.1, 0.15) is 16.2 Å². The lowest BCUT2D eigenvalue weighted by Crippen LogP contribution is -2.41. The topological polar surface area (TPSA) is 68.0 Å². The number of hydrogen-bond donors (Lipinski definition) is 1. The van der Waals surface area contributed by atoms with Crippen LogP contribution < -0.4 is 5.32 Å². The summed E-state index contributed by atoms with van der Waals surface area (Å²) in [5, 5.41) is 2.41. The Bertz CT molecular complexity index is 702. The van der Waals surface area contributed by atoms with E-state index in [4.69, 9.17) is 39.2 Å². The van der Waals surface area contributed by atoms with E-state index < -0.39 is 15.1 Å². The molecule has 0 fully saturated rings. The molecule has 1 amide bonds. The largest absolute Gasteiger partial charge is 0.459 e. The Balaban J connectivity index is 2.22. The van der Waals surface area contributed by atoms with Gasteiger partial charge in [-0.15, -0.1) is 0 Å². The van der Waals surface area contributed by atoms with Gasteiger partial charge in [0.2, 0.25) is 3.79 Å². The maximum absolute atomic E-state index is 12.2. The molecule has 0 bridgehead atoms. The van der Waals surface area contributed by atoms with Crippen LogP contribution in [-0.2, 0) is 0 Å². The number of nitrogens with one attached hydrogen (secondary N) is 1. The lowest BCUT2D eigenvalue weighted by atomic mass is 10.2. The standard InChI is InChI=1S/C15H16Cl3N3O2S/c1-8(2)12-19-9(3)7-11(20-12)24-14(15(16,17)18)21-13(22)10-5-4-6-23-10/h4-8,14H,1-3H3,(H,21,22)/t14-/m0/s1. The number of thioether (sulfide) groups is 1. The first-order valence-electron chi connectivity index (χ1n) is 7.10. The Morgan fingerprint density at radius 2 is 2.04 bits per heavy atom. The third-order valence-corrected chi connectivity index (χ3v) is 5.11. The van der Waals surface area contributed by atoms with Gasteiger partial charge in [-0.2, -0.15) is 0 Å². The molecule has 0 saturated heterocycles. The third-order valence-electron chi connectivity index (χ3n) is 2.91. The molecule has 2 aromatic rings. The van der Waals surface area contributed by atoms with Crippen molar-refractivity contribution in [3.63, 3.8) is 0 Å². The summed E-state index contributed by atoms with van der Waals surface area (Å²) >= 11 is 19.2. The zero-order valence-electron chi connectivity index (χ0n) is 13.2. The SMILES string of the molecule is Cc1cc(S[C@H](NC(=O)c2ccco2)C(Cl)(Cl)Cl)nc(C(C)C)n1. The fourth-order valence-electron chi connectivity index (χ4n) is 1.78. The molecule has 2 heterocycles. The maximum Gasteiger partial charge on any atom is 0.287 e. The molecule has 1 atom stereocenters. The summed E-state index contributed by atoms with van der Waals surface area (Å²) < 4.78 is 3.32. The lowest BCUT2D eigenvalue weighted by molar-refractivity contribution is 0.0922. The highest BCUT2D eigenvalue weighted by atomic mass is 35.6. The first kappa shape index (κ1) is 19.4. The van der Waals surface area contributed by atoms with Crippen LogP contribution in [0.4, 0.5) is 0 Å². The molecule has 0 aliphatic carbocycles. The van der Waals surface area contributed by atoms with Crippen molar-refractivity contribution in [1.82, 2.24) is 15.3 Å². The minimum atomic E-state index is -1.73. The van der Waals surface area contributed by atoms with Gasteiger partial charge in [-0.1, -0.05) is 60.4 Å². The van der Waals surface area contributed by atoms with Crippen molar-refractivity contribution in [3.05, 3.63) is 41.7 Å². The molecule has 0 aromatic carbocycles. The van der Waals surface area contributed by atoms with Gasteiger partial charge in [-0.25, -0.2) is 9.97 Å². The van der Waals surface area contributed by atoms with Crippen LogP contribution in [0.5, 0.6) is 0 Å². The number of aryl methyl sites for hydroxylation is 1. The molecular formula is C15H16Cl3N3O2S. The second-order valence-corrected chi connectivity index (χ2v) is 8.85. The fraction of sp³-hybridized carbons (Fsp3) is 0.400. The Hall–Kier alpha value is -0.950. The van der Waals surface area contributed by atoms with E-state index in [1.165, 1.54) is 12.3 Å². The van der Waals surface area contributed by atoms with E-state index in [0.29, 0.717) is 10.9 Å². The number of hydrogen-bond acceptors (Lipinski definition) is 5. The van der Waals surface area contributed by atoms with Crippen molar-refractivity contribution in [2.24, 2.45) is 0 Å². The van der Waals surface area contributed by atoms with E-state index in [9.17, 15) is 4.79 Å². The van der Waals surface area contributed by atoms with Crippen LogP contribution in [0.15, 0.2) is 33.9 Å². The van der Waals surface area contributed by atoms with Gasteiger partial charge in [-0.3, -0.25) is 4.79 Å². The predicted molar refractivity (Wildman–Crippen MR) is 97.0 cm³/mol. The van der Waals surface area contributed by atoms with Gasteiger partial charge in [0.25, 0.3) is 5.91 Å². The van der Waals surface area contributed by atoms with Crippen LogP contribution in [0.1, 0.15) is 41.8 Å². The predicted octanol–water partition coefficient (Wildman–Crippen LogP) is 4.72. The molecule has 0 aliphatic rings. The van der Waals surface area contributed by atoms with Gasteiger partial charge >= 0.3 is 0 Å². The number of aromatic nitrogens is 2. The molecule has 0 aliphatic heterocycles. The number of halogens is 3. The van der Waals surface area contributed by atoms with E-state index in [2.05, 4.69) is 15.3 Å². The minimum Gasteiger partial charge on any atom is -0.459 e. The van der Waals surface area contributed by atoms with E-state index in [1.807, 2.05) is 20.8 Å². The normalized spacial score (nSPS) is 13.1. The van der Waals surface area contributed by atoms with E-state index >= 15 is 0 Å². The first-order valence-corrected chi connectivity index (χ1v) is 9.11. The second kappa shape index (κ2) is 7.95. The Kier molecular flexibility index (Phi) is 6.42. The molecule has 130 valence electrons. The zero-order chi connectivity index (χ0) is 17.9. The quantitative estimate of drug-likeness (QED) is 0.335. The van der Waals surface area contributed by atoms with Crippen molar-refractivity contribution in [2.75, 3.05) is 0 Å². The number of rotatable bonds is 5. The summed E-state index contributed by atoms with van der Waals surface area (Å²) in [6.45, 7) is 5.85. The highest BCUT2D eigenvalue weighted by molar-refractivity contribution is 8.00. The van der Waals surface area contributed by atoms with Gasteiger partial charge < -0.3 is 9.73 Å². The number of furan rings is 1. The summed E-state index contributed by atoms with van der Waals surface area (Å²) in [5.74, 6) is 0.515. The van der Waals surface area contributed by atoms with Crippen LogP contribution in [0.25, 0.3) is 0 Å². The maximum atomic E-state index is 12.2. The highest BCUT2D eigenvalue weighted by Gasteiger charge is 2.36. The van der Waals surface area contributed by atoms with E-state index in [0.717, 1.165) is 17.5 Å². The molecule has 1 N–H and O–H groups in total. The summed E-state index contributed by atoms with van der Waals surface area (Å²) in [5.41, 5.74) is 0.802. The Morgan fingerprint density at radius 3 is 2.58 bits per heavy atom. The van der Waals surface area contributed by atoms with Crippen molar-refractivity contribution in [3.8, 4) is 0 Å². The molecule has 5 nitrogen and oxygen atoms in total. The molecule has 0 saturated carbocycles. The van der Waals surface area contributed by atoms with Crippen LogP contribution in [0.3, 0.4) is 0 Å². The molecule has 0 radical (unpaired) electrons.